The van der Waals surface area contributed by atoms with Crippen molar-refractivity contribution in [3.8, 4) is 0 Å². The Morgan fingerprint density at radius 2 is 1.95 bits per heavy atom. The number of carbonyl (C=O) groups is 1. The van der Waals surface area contributed by atoms with Gasteiger partial charge in [0.1, 0.15) is 0 Å². The lowest BCUT2D eigenvalue weighted by Crippen LogP contribution is -2.24. The molecule has 0 spiro atoms. The zero-order valence-electron chi connectivity index (χ0n) is 9.57. The molecule has 0 saturated heterocycles. The van der Waals surface area contributed by atoms with Gasteiger partial charge in [0.2, 0.25) is 0 Å². The predicted molar refractivity (Wildman–Crippen MR) is 66.3 cm³/mol. The van der Waals surface area contributed by atoms with Crippen molar-refractivity contribution in [3.63, 3.8) is 0 Å². The molecule has 19 heavy (non-hydrogen) atoms. The Morgan fingerprint density at radius 3 is 2.58 bits per heavy atom. The van der Waals surface area contributed by atoms with Crippen LogP contribution in [0.15, 0.2) is 41.3 Å². The van der Waals surface area contributed by atoms with Gasteiger partial charge in [0.25, 0.3) is 10.8 Å². The van der Waals surface area contributed by atoms with E-state index in [-0.39, 0.29) is 12.1 Å². The smallest absolute Gasteiger partial charge is 0.263 e. The van der Waals surface area contributed by atoms with E-state index in [0.717, 1.165) is 12.1 Å². The maximum atomic E-state index is 13.1. The van der Waals surface area contributed by atoms with Gasteiger partial charge < -0.3 is 4.57 Å². The lowest BCUT2D eigenvalue weighted by atomic mass is 10.2. The Hall–Kier alpha value is -2.01. The fourth-order valence-corrected chi connectivity index (χ4v) is 1.79. The molecule has 2 aromatic rings. The highest BCUT2D eigenvalue weighted by atomic mass is 35.5. The van der Waals surface area contributed by atoms with Gasteiger partial charge >= 0.3 is 0 Å². The van der Waals surface area contributed by atoms with Crippen LogP contribution in [0.5, 0.6) is 0 Å². The van der Waals surface area contributed by atoms with Gasteiger partial charge in [-0.1, -0.05) is 6.07 Å². The molecule has 1 heterocycles. The van der Waals surface area contributed by atoms with Crippen LogP contribution in [0.3, 0.4) is 0 Å². The normalized spacial score (nSPS) is 10.5. The van der Waals surface area contributed by atoms with Crippen LogP contribution in [0.25, 0.3) is 0 Å². The Balaban J connectivity index is 2.38. The SMILES string of the molecule is O=C(Cl)c1cccn(Cc2ccc(F)c(F)c2)c1=O. The van der Waals surface area contributed by atoms with E-state index in [1.807, 2.05) is 0 Å². The van der Waals surface area contributed by atoms with Gasteiger partial charge in [-0.05, 0) is 41.4 Å². The monoisotopic (exact) mass is 283 g/mol. The summed E-state index contributed by atoms with van der Waals surface area (Å²) in [7, 11) is 0. The van der Waals surface area contributed by atoms with Gasteiger partial charge in [-0.15, -0.1) is 0 Å². The number of hydrogen-bond acceptors (Lipinski definition) is 2. The Labute approximate surface area is 112 Å². The summed E-state index contributed by atoms with van der Waals surface area (Å²) in [5.74, 6) is -1.95. The van der Waals surface area contributed by atoms with E-state index >= 15 is 0 Å². The standard InChI is InChI=1S/C13H8ClF2NO2/c14-12(18)9-2-1-5-17(13(9)19)7-8-3-4-10(15)11(16)6-8/h1-6H,7H2. The number of benzene rings is 1. The summed E-state index contributed by atoms with van der Waals surface area (Å²) >= 11 is 5.27. The van der Waals surface area contributed by atoms with E-state index in [0.29, 0.717) is 5.56 Å². The fourth-order valence-electron chi connectivity index (χ4n) is 1.65. The average molecular weight is 284 g/mol. The lowest BCUT2D eigenvalue weighted by molar-refractivity contribution is 0.107. The quantitative estimate of drug-likeness (QED) is 0.812. The molecule has 0 atom stereocenters. The number of nitrogens with zero attached hydrogens (tertiary/aromatic N) is 1. The van der Waals surface area contributed by atoms with Gasteiger partial charge in [-0.2, -0.15) is 0 Å². The van der Waals surface area contributed by atoms with Crippen LogP contribution in [-0.4, -0.2) is 9.81 Å². The molecular weight excluding hydrogens is 276 g/mol. The number of carbonyl (C=O) groups excluding carboxylic acids is 1. The van der Waals surface area contributed by atoms with Crippen LogP contribution in [0, 0.1) is 11.6 Å². The summed E-state index contributed by atoms with van der Waals surface area (Å²) in [6, 6.07) is 6.12. The number of hydrogen-bond donors (Lipinski definition) is 0. The van der Waals surface area contributed by atoms with Gasteiger partial charge in [-0.3, -0.25) is 9.59 Å². The predicted octanol–water partition coefficient (Wildman–Crippen LogP) is 2.55. The molecule has 0 bridgehead atoms. The highest BCUT2D eigenvalue weighted by Crippen LogP contribution is 2.09. The van der Waals surface area contributed by atoms with E-state index in [9.17, 15) is 18.4 Å². The first-order valence-corrected chi connectivity index (χ1v) is 5.70. The third-order valence-corrected chi connectivity index (χ3v) is 2.77. The second-order valence-electron chi connectivity index (χ2n) is 3.88. The molecule has 0 radical (unpaired) electrons. The molecule has 1 aromatic heterocycles. The zero-order valence-corrected chi connectivity index (χ0v) is 10.3. The van der Waals surface area contributed by atoms with Crippen molar-refractivity contribution in [2.75, 3.05) is 0 Å². The Bertz CT molecular complexity index is 697. The van der Waals surface area contributed by atoms with Crippen LogP contribution in [-0.2, 0) is 6.54 Å². The summed E-state index contributed by atoms with van der Waals surface area (Å²) in [6.45, 7) is 0.0219. The second-order valence-corrected chi connectivity index (χ2v) is 4.22. The van der Waals surface area contributed by atoms with Crippen molar-refractivity contribution in [3.05, 3.63) is 69.6 Å². The van der Waals surface area contributed by atoms with Crippen molar-refractivity contribution in [2.24, 2.45) is 0 Å². The summed E-state index contributed by atoms with van der Waals surface area (Å²) < 4.78 is 27.0. The molecule has 0 unspecified atom stereocenters. The third kappa shape index (κ3) is 2.88. The van der Waals surface area contributed by atoms with Gasteiger partial charge in [0, 0.05) is 6.20 Å². The van der Waals surface area contributed by atoms with Crippen LogP contribution in [0.4, 0.5) is 8.78 Å². The molecule has 0 N–H and O–H groups in total. The zero-order chi connectivity index (χ0) is 14.0. The summed E-state index contributed by atoms with van der Waals surface area (Å²) in [6.07, 6.45) is 1.44. The molecule has 0 aliphatic carbocycles. The molecule has 2 rings (SSSR count). The van der Waals surface area contributed by atoms with E-state index in [4.69, 9.17) is 11.6 Å². The molecule has 0 saturated carbocycles. The minimum atomic E-state index is -0.991. The number of halogens is 3. The molecule has 0 amide bonds. The number of rotatable bonds is 3. The average Bonchev–Trinajstić information content (AvgIpc) is 2.36. The highest BCUT2D eigenvalue weighted by Gasteiger charge is 2.10. The third-order valence-electron chi connectivity index (χ3n) is 2.57. The largest absolute Gasteiger partial charge is 0.310 e. The molecule has 0 aliphatic heterocycles. The summed E-state index contributed by atoms with van der Waals surface area (Å²) in [4.78, 5) is 22.9. The molecule has 0 aliphatic rings. The van der Waals surface area contributed by atoms with Gasteiger partial charge in [0.15, 0.2) is 11.6 Å². The first-order chi connectivity index (χ1) is 8.99. The summed E-state index contributed by atoms with van der Waals surface area (Å²) in [5, 5.41) is -0.857. The van der Waals surface area contributed by atoms with Crippen molar-refractivity contribution in [1.29, 1.82) is 0 Å². The van der Waals surface area contributed by atoms with Crippen LogP contribution in [0.1, 0.15) is 15.9 Å². The lowest BCUT2D eigenvalue weighted by Gasteiger charge is -2.07. The van der Waals surface area contributed by atoms with E-state index in [1.54, 1.807) is 0 Å². The van der Waals surface area contributed by atoms with Crippen molar-refractivity contribution >= 4 is 16.8 Å². The Kier molecular flexibility index (Phi) is 3.76. The van der Waals surface area contributed by atoms with Crippen molar-refractivity contribution in [1.82, 2.24) is 4.57 Å². The minimum Gasteiger partial charge on any atom is -0.310 e. The number of aromatic nitrogens is 1. The number of pyridine rings is 1. The maximum absolute atomic E-state index is 13.1. The highest BCUT2D eigenvalue weighted by molar-refractivity contribution is 6.67. The molecule has 6 heteroatoms. The topological polar surface area (TPSA) is 39.1 Å². The van der Waals surface area contributed by atoms with E-state index < -0.39 is 22.4 Å². The maximum Gasteiger partial charge on any atom is 0.263 e. The van der Waals surface area contributed by atoms with Gasteiger partial charge in [-0.25, -0.2) is 8.78 Å². The van der Waals surface area contributed by atoms with E-state index in [2.05, 4.69) is 0 Å². The second kappa shape index (κ2) is 5.32. The van der Waals surface area contributed by atoms with Crippen LogP contribution in [0.2, 0.25) is 0 Å². The molecular formula is C13H8ClF2NO2. The van der Waals surface area contributed by atoms with Crippen molar-refractivity contribution in [2.45, 2.75) is 6.54 Å². The van der Waals surface area contributed by atoms with Crippen LogP contribution < -0.4 is 5.56 Å². The van der Waals surface area contributed by atoms with Crippen LogP contribution >= 0.6 is 11.6 Å². The first kappa shape index (κ1) is 13.4. The molecule has 0 fully saturated rings. The Morgan fingerprint density at radius 1 is 1.21 bits per heavy atom. The summed E-state index contributed by atoms with van der Waals surface area (Å²) in [5.41, 5.74) is -0.334. The first-order valence-electron chi connectivity index (χ1n) is 5.32. The molecule has 98 valence electrons. The fraction of sp³-hybridized carbons (Fsp3) is 0.0769. The minimum absolute atomic E-state index is 0.0219. The van der Waals surface area contributed by atoms with E-state index in [1.165, 1.54) is 29.0 Å². The van der Waals surface area contributed by atoms with Gasteiger partial charge in [0.05, 0.1) is 12.1 Å². The molecule has 1 aromatic carbocycles. The van der Waals surface area contributed by atoms with Crippen molar-refractivity contribution < 1.29 is 13.6 Å². The molecule has 3 nitrogen and oxygen atoms in total.